The highest BCUT2D eigenvalue weighted by Crippen LogP contribution is 2.37. The third-order valence-corrected chi connectivity index (χ3v) is 5.66. The zero-order chi connectivity index (χ0) is 14.2. The van der Waals surface area contributed by atoms with Crippen LogP contribution in [0.25, 0.3) is 0 Å². The van der Waals surface area contributed by atoms with Crippen LogP contribution in [-0.2, 0) is 10.0 Å². The largest absolute Gasteiger partial charge is 0.494 e. The second kappa shape index (κ2) is 5.57. The molecule has 8 heteroatoms. The molecule has 1 aliphatic heterocycles. The van der Waals surface area contributed by atoms with E-state index in [4.69, 9.17) is 22.1 Å². The fraction of sp³-hybridized carbons (Fsp3) is 0.455. The second-order valence-corrected chi connectivity index (χ2v) is 7.53. The number of sulfonamides is 1. The summed E-state index contributed by atoms with van der Waals surface area (Å²) < 4.78 is 32.2. The van der Waals surface area contributed by atoms with Gasteiger partial charge in [-0.3, -0.25) is 0 Å². The normalized spacial score (nSPS) is 20.7. The number of rotatable bonds is 3. The van der Waals surface area contributed by atoms with Gasteiger partial charge in [-0.25, -0.2) is 8.42 Å². The number of hydrogen-bond acceptors (Lipinski definition) is 4. The fourth-order valence-corrected chi connectivity index (χ4v) is 4.92. The van der Waals surface area contributed by atoms with Crippen molar-refractivity contribution in [3.8, 4) is 5.75 Å². The maximum Gasteiger partial charge on any atom is 0.246 e. The van der Waals surface area contributed by atoms with E-state index in [1.54, 1.807) is 6.07 Å². The van der Waals surface area contributed by atoms with Gasteiger partial charge in [0, 0.05) is 24.2 Å². The van der Waals surface area contributed by atoms with Gasteiger partial charge in [-0.2, -0.15) is 4.31 Å². The Bertz CT molecular complexity index is 594. The molecule has 1 aromatic carbocycles. The molecule has 0 radical (unpaired) electrons. The third-order valence-electron chi connectivity index (χ3n) is 2.98. The molecule has 5 nitrogen and oxygen atoms in total. The molecule has 0 bridgehead atoms. The molecule has 1 atom stereocenters. The van der Waals surface area contributed by atoms with Gasteiger partial charge in [0.25, 0.3) is 0 Å². The highest BCUT2D eigenvalue weighted by molar-refractivity contribution is 9.10. The highest BCUT2D eigenvalue weighted by atomic mass is 79.9. The van der Waals surface area contributed by atoms with Gasteiger partial charge >= 0.3 is 0 Å². The van der Waals surface area contributed by atoms with Crippen LogP contribution >= 0.6 is 27.5 Å². The minimum Gasteiger partial charge on any atom is -0.494 e. The van der Waals surface area contributed by atoms with E-state index in [0.717, 1.165) is 0 Å². The van der Waals surface area contributed by atoms with E-state index < -0.39 is 10.0 Å². The average Bonchev–Trinajstić information content (AvgIpc) is 2.75. The van der Waals surface area contributed by atoms with Crippen LogP contribution in [0.1, 0.15) is 6.42 Å². The number of methoxy groups -OCH3 is 1. The van der Waals surface area contributed by atoms with Crippen LogP contribution in [0.2, 0.25) is 5.02 Å². The quantitative estimate of drug-likeness (QED) is 0.882. The third kappa shape index (κ3) is 2.90. The number of nitrogens with zero attached hydrogens (tertiary/aromatic N) is 1. The van der Waals surface area contributed by atoms with E-state index in [0.29, 0.717) is 29.0 Å². The van der Waals surface area contributed by atoms with E-state index in [9.17, 15) is 8.42 Å². The van der Waals surface area contributed by atoms with Crippen molar-refractivity contribution in [3.05, 3.63) is 21.6 Å². The van der Waals surface area contributed by atoms with E-state index in [1.807, 2.05) is 0 Å². The number of ether oxygens (including phenoxy) is 1. The van der Waals surface area contributed by atoms with Crippen LogP contribution in [0.5, 0.6) is 5.75 Å². The molecule has 0 saturated carbocycles. The second-order valence-electron chi connectivity index (χ2n) is 4.33. The van der Waals surface area contributed by atoms with E-state index in [2.05, 4.69) is 15.9 Å². The lowest BCUT2D eigenvalue weighted by Gasteiger charge is -2.18. The Morgan fingerprint density at radius 3 is 2.74 bits per heavy atom. The van der Waals surface area contributed by atoms with Gasteiger partial charge in [0.1, 0.15) is 4.90 Å². The standard InChI is InChI=1S/C11H14BrClN2O3S/c1-18-11-9(12)4-7(13)5-10(11)19(16,17)15-3-2-8(14)6-15/h4-5,8H,2-3,6,14H2,1H3. The SMILES string of the molecule is COc1c(Br)cc(Cl)cc1S(=O)(=O)N1CCC(N)C1. The molecule has 1 heterocycles. The zero-order valence-corrected chi connectivity index (χ0v) is 13.4. The van der Waals surface area contributed by atoms with Crippen molar-refractivity contribution < 1.29 is 13.2 Å². The van der Waals surface area contributed by atoms with Crippen molar-refractivity contribution in [1.82, 2.24) is 4.31 Å². The monoisotopic (exact) mass is 368 g/mol. The van der Waals surface area contributed by atoms with Gasteiger partial charge in [0.2, 0.25) is 10.0 Å². The molecular weight excluding hydrogens is 356 g/mol. The molecule has 0 spiro atoms. The number of benzene rings is 1. The van der Waals surface area contributed by atoms with Gasteiger partial charge < -0.3 is 10.5 Å². The Morgan fingerprint density at radius 2 is 2.21 bits per heavy atom. The molecule has 1 saturated heterocycles. The summed E-state index contributed by atoms with van der Waals surface area (Å²) in [5.41, 5.74) is 5.76. The Balaban J connectivity index is 2.51. The average molecular weight is 370 g/mol. The molecule has 19 heavy (non-hydrogen) atoms. The Labute approximate surface area is 125 Å². The lowest BCUT2D eigenvalue weighted by atomic mass is 10.3. The highest BCUT2D eigenvalue weighted by Gasteiger charge is 2.33. The van der Waals surface area contributed by atoms with Crippen LogP contribution in [0.4, 0.5) is 0 Å². The van der Waals surface area contributed by atoms with Gasteiger partial charge in [-0.15, -0.1) is 0 Å². The van der Waals surface area contributed by atoms with Gasteiger partial charge in [0.05, 0.1) is 11.6 Å². The molecular formula is C11H14BrClN2O3S. The van der Waals surface area contributed by atoms with Crippen molar-refractivity contribution in [2.24, 2.45) is 5.73 Å². The van der Waals surface area contributed by atoms with E-state index in [-0.39, 0.29) is 16.7 Å². The Hall–Kier alpha value is -0.340. The smallest absolute Gasteiger partial charge is 0.246 e. The van der Waals surface area contributed by atoms with Crippen LogP contribution < -0.4 is 10.5 Å². The number of nitrogens with two attached hydrogens (primary N) is 1. The molecule has 106 valence electrons. The molecule has 0 amide bonds. The molecule has 1 unspecified atom stereocenters. The first-order valence-corrected chi connectivity index (χ1v) is 8.26. The van der Waals surface area contributed by atoms with E-state index >= 15 is 0 Å². The maximum atomic E-state index is 12.6. The molecule has 1 aromatic rings. The molecule has 1 fully saturated rings. The van der Waals surface area contributed by atoms with Crippen molar-refractivity contribution >= 4 is 37.6 Å². The lowest BCUT2D eigenvalue weighted by molar-refractivity contribution is 0.395. The summed E-state index contributed by atoms with van der Waals surface area (Å²) in [6, 6.07) is 2.86. The van der Waals surface area contributed by atoms with Crippen LogP contribution in [-0.4, -0.2) is 39.0 Å². The first-order chi connectivity index (χ1) is 8.86. The summed E-state index contributed by atoms with van der Waals surface area (Å²) in [5.74, 6) is 0.255. The van der Waals surface area contributed by atoms with E-state index in [1.165, 1.54) is 17.5 Å². The number of halogens is 2. The summed E-state index contributed by atoms with van der Waals surface area (Å²) in [4.78, 5) is 0.0588. The van der Waals surface area contributed by atoms with Crippen molar-refractivity contribution in [2.75, 3.05) is 20.2 Å². The predicted octanol–water partition coefficient (Wildman–Crippen LogP) is 1.83. The van der Waals surface area contributed by atoms with Gasteiger partial charge in [-0.1, -0.05) is 11.6 Å². The summed E-state index contributed by atoms with van der Waals surface area (Å²) in [5, 5.41) is 0.328. The fourth-order valence-electron chi connectivity index (χ4n) is 2.04. The minimum atomic E-state index is -3.65. The van der Waals surface area contributed by atoms with Crippen molar-refractivity contribution in [1.29, 1.82) is 0 Å². The predicted molar refractivity (Wildman–Crippen MR) is 77.1 cm³/mol. The lowest BCUT2D eigenvalue weighted by Crippen LogP contribution is -2.32. The summed E-state index contributed by atoms with van der Waals surface area (Å²) >= 11 is 9.18. The first-order valence-electron chi connectivity index (χ1n) is 5.65. The Morgan fingerprint density at radius 1 is 1.53 bits per heavy atom. The van der Waals surface area contributed by atoms with Gasteiger partial charge in [0.15, 0.2) is 5.75 Å². The maximum absolute atomic E-state index is 12.6. The first kappa shape index (κ1) is 15.1. The minimum absolute atomic E-state index is 0.0588. The summed E-state index contributed by atoms with van der Waals surface area (Å²) in [7, 11) is -2.23. The van der Waals surface area contributed by atoms with Crippen molar-refractivity contribution in [3.63, 3.8) is 0 Å². The Kier molecular flexibility index (Phi) is 4.42. The molecule has 0 aromatic heterocycles. The van der Waals surface area contributed by atoms with Crippen LogP contribution in [0.15, 0.2) is 21.5 Å². The molecule has 2 rings (SSSR count). The van der Waals surface area contributed by atoms with Crippen LogP contribution in [0, 0.1) is 0 Å². The molecule has 0 aliphatic carbocycles. The van der Waals surface area contributed by atoms with Crippen LogP contribution in [0.3, 0.4) is 0 Å². The van der Waals surface area contributed by atoms with Gasteiger partial charge in [-0.05, 0) is 34.5 Å². The topological polar surface area (TPSA) is 72.6 Å². The molecule has 2 N–H and O–H groups in total. The van der Waals surface area contributed by atoms with Crippen molar-refractivity contribution in [2.45, 2.75) is 17.4 Å². The summed E-state index contributed by atoms with van der Waals surface area (Å²) in [6.45, 7) is 0.729. The molecule has 1 aliphatic rings. The zero-order valence-electron chi connectivity index (χ0n) is 10.3. The summed E-state index contributed by atoms with van der Waals surface area (Å²) in [6.07, 6.45) is 0.656. The number of hydrogen-bond donors (Lipinski definition) is 1.